The van der Waals surface area contributed by atoms with Crippen molar-refractivity contribution in [2.45, 2.75) is 82.0 Å². The van der Waals surface area contributed by atoms with Gasteiger partial charge in [-0.3, -0.25) is 24.6 Å². The molecule has 3 amide bonds. The zero-order valence-electron chi connectivity index (χ0n) is 18.5. The largest absolute Gasteiger partial charge is 0.489 e. The smallest absolute Gasteiger partial charge is 0.255 e. The van der Waals surface area contributed by atoms with Crippen molar-refractivity contribution in [3.05, 3.63) is 29.3 Å². The minimum Gasteiger partial charge on any atom is -0.489 e. The van der Waals surface area contributed by atoms with Gasteiger partial charge in [0.15, 0.2) is 0 Å². The van der Waals surface area contributed by atoms with Gasteiger partial charge in [-0.05, 0) is 49.4 Å². The second kappa shape index (κ2) is 8.66. The summed E-state index contributed by atoms with van der Waals surface area (Å²) in [6.45, 7) is 1.07. The second-order valence-electron chi connectivity index (χ2n) is 9.62. The lowest BCUT2D eigenvalue weighted by Crippen LogP contribution is -2.52. The quantitative estimate of drug-likeness (QED) is 0.698. The number of nitrogens with one attached hydrogen (secondary N) is 1. The molecule has 33 heavy (non-hydrogen) atoms. The van der Waals surface area contributed by atoms with Crippen LogP contribution in [-0.4, -0.2) is 64.7 Å². The average molecular weight is 462 g/mol. The number of carbonyl (C=O) groups excluding carboxylic acids is 3. The van der Waals surface area contributed by atoms with E-state index in [1.807, 2.05) is 6.07 Å². The van der Waals surface area contributed by atoms with Gasteiger partial charge >= 0.3 is 0 Å². The summed E-state index contributed by atoms with van der Waals surface area (Å²) in [6.07, 6.45) is 4.17. The molecular weight excluding hydrogens is 432 g/mol. The third-order valence-electron chi connectivity index (χ3n) is 7.45. The van der Waals surface area contributed by atoms with Gasteiger partial charge in [0.2, 0.25) is 11.8 Å². The number of fused-ring (bicyclic) bond motifs is 1. The van der Waals surface area contributed by atoms with Crippen molar-refractivity contribution in [3.63, 3.8) is 0 Å². The molecule has 1 aromatic rings. The van der Waals surface area contributed by atoms with Crippen LogP contribution >= 0.6 is 0 Å². The lowest BCUT2D eigenvalue weighted by Gasteiger charge is -2.43. The Bertz CT molecular complexity index is 959. The van der Waals surface area contributed by atoms with Crippen LogP contribution in [0.1, 0.15) is 67.3 Å². The Morgan fingerprint density at radius 2 is 1.79 bits per heavy atom. The van der Waals surface area contributed by atoms with Gasteiger partial charge in [0.25, 0.3) is 11.8 Å². The number of carbonyl (C=O) groups is 3. The summed E-state index contributed by atoms with van der Waals surface area (Å²) in [7, 11) is 0. The van der Waals surface area contributed by atoms with Gasteiger partial charge in [-0.2, -0.15) is 0 Å². The Balaban J connectivity index is 1.28. The normalized spacial score (nSPS) is 30.2. The Hall–Kier alpha value is -2.55. The zero-order valence-corrected chi connectivity index (χ0v) is 18.5. The number of benzene rings is 1. The lowest BCUT2D eigenvalue weighted by atomic mass is 9.89. The first-order chi connectivity index (χ1) is 15.8. The van der Waals surface area contributed by atoms with Gasteiger partial charge in [0.1, 0.15) is 17.9 Å². The maximum Gasteiger partial charge on any atom is 0.255 e. The molecule has 5 rings (SSSR count). The van der Waals surface area contributed by atoms with Crippen molar-refractivity contribution in [2.75, 3.05) is 13.1 Å². The predicted molar refractivity (Wildman–Crippen MR) is 115 cm³/mol. The van der Waals surface area contributed by atoms with Crippen LogP contribution in [0.2, 0.25) is 0 Å². The number of rotatable bonds is 4. The lowest BCUT2D eigenvalue weighted by molar-refractivity contribution is -0.136. The van der Waals surface area contributed by atoms with Crippen LogP contribution in [0.4, 0.5) is 8.78 Å². The number of halogens is 2. The van der Waals surface area contributed by atoms with E-state index >= 15 is 0 Å². The number of imide groups is 1. The van der Waals surface area contributed by atoms with Crippen LogP contribution in [0.15, 0.2) is 18.2 Å². The SMILES string of the molecule is O=C1CC[C@H](N2Cc3cc(O[C@@H]4CCCC[C@@H]4N4CCC(F)(F)CC4)ccc3C2=O)C(=O)N1. The number of likely N-dealkylation sites (tertiary alicyclic amines) is 1. The first kappa shape index (κ1) is 22.3. The monoisotopic (exact) mass is 461 g/mol. The summed E-state index contributed by atoms with van der Waals surface area (Å²) in [4.78, 5) is 40.3. The molecule has 3 fully saturated rings. The second-order valence-corrected chi connectivity index (χ2v) is 9.62. The Morgan fingerprint density at radius 1 is 1.03 bits per heavy atom. The Kier molecular flexibility index (Phi) is 5.84. The van der Waals surface area contributed by atoms with E-state index in [-0.39, 0.29) is 43.2 Å². The van der Waals surface area contributed by atoms with E-state index in [1.54, 1.807) is 12.1 Å². The number of hydrogen-bond acceptors (Lipinski definition) is 5. The van der Waals surface area contributed by atoms with E-state index in [1.165, 1.54) is 4.90 Å². The summed E-state index contributed by atoms with van der Waals surface area (Å²) in [5.41, 5.74) is 1.35. The molecule has 0 radical (unpaired) electrons. The summed E-state index contributed by atoms with van der Waals surface area (Å²) >= 11 is 0. The molecule has 2 saturated heterocycles. The fourth-order valence-corrected chi connectivity index (χ4v) is 5.61. The molecule has 0 spiro atoms. The van der Waals surface area contributed by atoms with Gasteiger partial charge in [-0.1, -0.05) is 6.42 Å². The first-order valence-electron chi connectivity index (χ1n) is 11.9. The number of amides is 3. The van der Waals surface area contributed by atoms with Crippen LogP contribution in [0.5, 0.6) is 5.75 Å². The summed E-state index contributed by atoms with van der Waals surface area (Å²) in [5, 5.41) is 2.31. The highest BCUT2D eigenvalue weighted by molar-refractivity contribution is 6.05. The molecule has 178 valence electrons. The molecule has 3 atom stereocenters. The number of nitrogens with zero attached hydrogens (tertiary/aromatic N) is 2. The number of ether oxygens (including phenoxy) is 1. The molecule has 0 bridgehead atoms. The van der Waals surface area contributed by atoms with E-state index in [0.29, 0.717) is 37.4 Å². The molecule has 1 N–H and O–H groups in total. The molecule has 4 aliphatic rings. The van der Waals surface area contributed by atoms with Gasteiger partial charge in [-0.15, -0.1) is 0 Å². The minimum atomic E-state index is -2.57. The zero-order chi connectivity index (χ0) is 23.2. The number of piperidine rings is 2. The molecule has 0 unspecified atom stereocenters. The molecule has 9 heteroatoms. The third-order valence-corrected chi connectivity index (χ3v) is 7.45. The van der Waals surface area contributed by atoms with Crippen molar-refractivity contribution in [1.82, 2.24) is 15.1 Å². The van der Waals surface area contributed by atoms with E-state index in [9.17, 15) is 23.2 Å². The average Bonchev–Trinajstić information content (AvgIpc) is 3.10. The highest BCUT2D eigenvalue weighted by Crippen LogP contribution is 2.35. The maximum absolute atomic E-state index is 13.6. The summed E-state index contributed by atoms with van der Waals surface area (Å²) in [5.74, 6) is -2.86. The number of hydrogen-bond donors (Lipinski definition) is 1. The highest BCUT2D eigenvalue weighted by atomic mass is 19.3. The molecule has 1 saturated carbocycles. The summed E-state index contributed by atoms with van der Waals surface area (Å²) < 4.78 is 33.6. The predicted octanol–water partition coefficient (Wildman–Crippen LogP) is 2.87. The standard InChI is InChI=1S/C24H29F2N3O4/c25-24(26)9-11-28(12-10-24)18-3-1-2-4-20(18)33-16-5-6-17-15(13-16)14-29(23(17)32)19-7-8-21(30)27-22(19)31/h5-6,13,18-20H,1-4,7-12,14H2,(H,27,30,31)/t18-,19-,20+/m0/s1. The first-order valence-corrected chi connectivity index (χ1v) is 11.9. The van der Waals surface area contributed by atoms with Crippen LogP contribution in [-0.2, 0) is 16.1 Å². The van der Waals surface area contributed by atoms with Crippen LogP contribution in [0.25, 0.3) is 0 Å². The molecule has 1 aliphatic carbocycles. The van der Waals surface area contributed by atoms with Crippen molar-refractivity contribution >= 4 is 17.7 Å². The van der Waals surface area contributed by atoms with Gasteiger partial charge in [0.05, 0.1) is 0 Å². The summed E-state index contributed by atoms with van der Waals surface area (Å²) in [6, 6.07) is 4.84. The van der Waals surface area contributed by atoms with E-state index in [2.05, 4.69) is 10.2 Å². The molecule has 0 aromatic heterocycles. The van der Waals surface area contributed by atoms with Crippen LogP contribution in [0, 0.1) is 0 Å². The fraction of sp³-hybridized carbons (Fsp3) is 0.625. The van der Waals surface area contributed by atoms with Crippen molar-refractivity contribution in [1.29, 1.82) is 0 Å². The van der Waals surface area contributed by atoms with Gasteiger partial charge in [0, 0.05) is 50.5 Å². The topological polar surface area (TPSA) is 79.0 Å². The van der Waals surface area contributed by atoms with Crippen LogP contribution in [0.3, 0.4) is 0 Å². The molecular formula is C24H29F2N3O4. The minimum absolute atomic E-state index is 0.0770. The van der Waals surface area contributed by atoms with E-state index < -0.39 is 17.9 Å². The molecule has 3 heterocycles. The maximum atomic E-state index is 13.6. The van der Waals surface area contributed by atoms with E-state index in [4.69, 9.17) is 4.74 Å². The van der Waals surface area contributed by atoms with Crippen LogP contribution < -0.4 is 10.1 Å². The third kappa shape index (κ3) is 4.47. The Labute approximate surface area is 191 Å². The fourth-order valence-electron chi connectivity index (χ4n) is 5.61. The highest BCUT2D eigenvalue weighted by Gasteiger charge is 2.41. The molecule has 3 aliphatic heterocycles. The van der Waals surface area contributed by atoms with E-state index in [0.717, 1.165) is 31.2 Å². The van der Waals surface area contributed by atoms with Crippen molar-refractivity contribution < 1.29 is 27.9 Å². The number of alkyl halides is 2. The Morgan fingerprint density at radius 3 is 2.55 bits per heavy atom. The molecule has 7 nitrogen and oxygen atoms in total. The van der Waals surface area contributed by atoms with Gasteiger partial charge < -0.3 is 9.64 Å². The molecule has 1 aromatic carbocycles. The van der Waals surface area contributed by atoms with Crippen molar-refractivity contribution in [2.24, 2.45) is 0 Å². The van der Waals surface area contributed by atoms with Crippen molar-refractivity contribution in [3.8, 4) is 5.75 Å². The van der Waals surface area contributed by atoms with Gasteiger partial charge in [-0.25, -0.2) is 8.78 Å².